The smallest absolute Gasteiger partial charge is 0.283 e. The number of ether oxygens (including phenoxy) is 1. The first kappa shape index (κ1) is 23.2. The summed E-state index contributed by atoms with van der Waals surface area (Å²) in [7, 11) is 1.55. The first-order valence-corrected chi connectivity index (χ1v) is 10.5. The second-order valence-corrected chi connectivity index (χ2v) is 8.15. The maximum absolute atomic E-state index is 11.6. The summed E-state index contributed by atoms with van der Waals surface area (Å²) in [6.07, 6.45) is 1.44. The molecule has 10 heteroatoms. The van der Waals surface area contributed by atoms with E-state index in [1.165, 1.54) is 24.0 Å². The minimum Gasteiger partial charge on any atom is -0.380 e. The van der Waals surface area contributed by atoms with Crippen molar-refractivity contribution in [3.63, 3.8) is 0 Å². The Kier molecular flexibility index (Phi) is 7.78. The number of benzene rings is 2. The molecule has 0 saturated heterocycles. The number of hydrogen-bond donors (Lipinski definition) is 1. The first-order chi connectivity index (χ1) is 15.4. The number of nitrogens with one attached hydrogen (secondary N) is 1. The van der Waals surface area contributed by atoms with Crippen molar-refractivity contribution in [3.8, 4) is 6.07 Å². The van der Waals surface area contributed by atoms with E-state index in [1.54, 1.807) is 56.5 Å². The maximum Gasteiger partial charge on any atom is 0.283 e. The van der Waals surface area contributed by atoms with Crippen molar-refractivity contribution in [3.05, 3.63) is 86.1 Å². The zero-order valence-corrected chi connectivity index (χ0v) is 18.8. The second-order valence-electron chi connectivity index (χ2n) is 6.60. The molecule has 0 unspecified atom stereocenters. The van der Waals surface area contributed by atoms with Crippen molar-refractivity contribution in [2.45, 2.75) is 23.3 Å². The van der Waals surface area contributed by atoms with Crippen LogP contribution in [0.3, 0.4) is 0 Å². The van der Waals surface area contributed by atoms with Crippen LogP contribution in [0.1, 0.15) is 22.4 Å². The molecule has 0 aliphatic carbocycles. The van der Waals surface area contributed by atoms with E-state index < -0.39 is 4.92 Å². The molecule has 0 spiro atoms. The molecule has 0 bridgehead atoms. The van der Waals surface area contributed by atoms with E-state index >= 15 is 0 Å². The summed E-state index contributed by atoms with van der Waals surface area (Å²) in [5, 5.41) is 25.8. The van der Waals surface area contributed by atoms with Crippen LogP contribution in [0, 0.1) is 28.4 Å². The molecular weight excluding hydrogens is 450 g/mol. The Hall–Kier alpha value is -3.45. The lowest BCUT2D eigenvalue weighted by Crippen LogP contribution is -2.03. The largest absolute Gasteiger partial charge is 0.380 e. The number of aromatic nitrogens is 1. The third-order valence-corrected chi connectivity index (χ3v) is 5.57. The summed E-state index contributed by atoms with van der Waals surface area (Å²) in [5.41, 5.74) is 4.96. The second kappa shape index (κ2) is 10.7. The number of methoxy groups -OCH3 is 1. The lowest BCUT2D eigenvalue weighted by atomic mass is 10.1. The van der Waals surface area contributed by atoms with Crippen molar-refractivity contribution in [1.82, 2.24) is 4.98 Å². The Balaban J connectivity index is 1.82. The number of nitro benzene ring substituents is 1. The summed E-state index contributed by atoms with van der Waals surface area (Å²) in [5.74, 6) is 0.292. The van der Waals surface area contributed by atoms with Gasteiger partial charge in [-0.3, -0.25) is 15.5 Å². The number of hydrogen-bond acceptors (Lipinski definition) is 8. The lowest BCUT2D eigenvalue weighted by Gasteiger charge is -2.09. The normalized spacial score (nSPS) is 10.8. The summed E-state index contributed by atoms with van der Waals surface area (Å²) in [6, 6.07) is 15.8. The predicted octanol–water partition coefficient (Wildman–Crippen LogP) is 5.57. The van der Waals surface area contributed by atoms with E-state index in [-0.39, 0.29) is 12.3 Å². The van der Waals surface area contributed by atoms with Crippen LogP contribution in [0.5, 0.6) is 0 Å². The van der Waals surface area contributed by atoms with Gasteiger partial charge in [-0.1, -0.05) is 29.4 Å². The lowest BCUT2D eigenvalue weighted by molar-refractivity contribution is -0.387. The monoisotopic (exact) mass is 467 g/mol. The van der Waals surface area contributed by atoms with Gasteiger partial charge in [-0.05, 0) is 43.3 Å². The molecule has 162 valence electrons. The maximum atomic E-state index is 11.6. The minimum absolute atomic E-state index is 0.0392. The first-order valence-electron chi connectivity index (χ1n) is 9.31. The number of nitro groups is 1. The Labute approximate surface area is 194 Å². The van der Waals surface area contributed by atoms with Crippen LogP contribution in [0.25, 0.3) is 0 Å². The fourth-order valence-corrected chi connectivity index (χ4v) is 3.88. The highest BCUT2D eigenvalue weighted by atomic mass is 35.5. The van der Waals surface area contributed by atoms with E-state index in [0.29, 0.717) is 38.1 Å². The number of rotatable bonds is 8. The Morgan fingerprint density at radius 1 is 1.31 bits per heavy atom. The summed E-state index contributed by atoms with van der Waals surface area (Å²) < 4.78 is 5.13. The van der Waals surface area contributed by atoms with E-state index in [0.717, 1.165) is 4.90 Å². The van der Waals surface area contributed by atoms with Crippen LogP contribution < -0.4 is 5.43 Å². The van der Waals surface area contributed by atoms with Crippen LogP contribution in [0.2, 0.25) is 5.02 Å². The molecule has 0 atom stereocenters. The van der Waals surface area contributed by atoms with Gasteiger partial charge in [0.05, 0.1) is 22.6 Å². The van der Waals surface area contributed by atoms with Gasteiger partial charge >= 0.3 is 0 Å². The van der Waals surface area contributed by atoms with Gasteiger partial charge in [0.25, 0.3) is 5.69 Å². The van der Waals surface area contributed by atoms with Crippen LogP contribution in [-0.2, 0) is 11.3 Å². The number of anilines is 1. The third-order valence-electron chi connectivity index (χ3n) is 4.25. The molecule has 0 aliphatic heterocycles. The molecule has 3 rings (SSSR count). The molecule has 0 amide bonds. The molecule has 0 radical (unpaired) electrons. The molecule has 0 fully saturated rings. The minimum atomic E-state index is -0.435. The Morgan fingerprint density at radius 3 is 2.72 bits per heavy atom. The van der Waals surface area contributed by atoms with Crippen LogP contribution in [0.4, 0.5) is 11.5 Å². The van der Waals surface area contributed by atoms with Gasteiger partial charge in [-0.15, -0.1) is 0 Å². The molecular formula is C22H18ClN5O3S. The molecule has 8 nitrogen and oxygen atoms in total. The van der Waals surface area contributed by atoms with Crippen molar-refractivity contribution in [1.29, 1.82) is 5.26 Å². The Morgan fingerprint density at radius 2 is 2.06 bits per heavy atom. The van der Waals surface area contributed by atoms with Gasteiger partial charge in [0.2, 0.25) is 0 Å². The van der Waals surface area contributed by atoms with Crippen molar-refractivity contribution >= 4 is 41.1 Å². The zero-order valence-electron chi connectivity index (χ0n) is 17.2. The summed E-state index contributed by atoms with van der Waals surface area (Å²) in [4.78, 5) is 16.8. The van der Waals surface area contributed by atoms with Crippen LogP contribution in [0.15, 0.2) is 63.4 Å². The quantitative estimate of drug-likeness (QED) is 0.262. The third kappa shape index (κ3) is 5.82. The molecule has 1 heterocycles. The van der Waals surface area contributed by atoms with Gasteiger partial charge in [0, 0.05) is 39.9 Å². The predicted molar refractivity (Wildman–Crippen MR) is 124 cm³/mol. The van der Waals surface area contributed by atoms with Crippen molar-refractivity contribution < 1.29 is 9.66 Å². The van der Waals surface area contributed by atoms with Gasteiger partial charge in [0.1, 0.15) is 11.6 Å². The van der Waals surface area contributed by atoms with Gasteiger partial charge in [0.15, 0.2) is 5.82 Å². The fraction of sp³-hybridized carbons (Fsp3) is 0.136. The average molecular weight is 468 g/mol. The standard InChI is InChI=1S/C22H18ClN5O3S/c1-14-9-16(13-31-2)19(11-24)22(26-14)27-25-12-15-3-8-21(20(10-15)28(29)30)32-18-6-4-17(23)5-7-18/h3-10,12H,13H2,1-2H3,(H,26,27)/b25-12-. The SMILES string of the molecule is COCc1cc(C)nc(N/N=C\c2ccc(Sc3ccc(Cl)cc3)c([N+](=O)[O-])c2)c1C#N. The number of nitrogens with zero attached hydrogens (tertiary/aromatic N) is 4. The summed E-state index contributed by atoms with van der Waals surface area (Å²) in [6.45, 7) is 2.07. The molecule has 0 aliphatic rings. The van der Waals surface area contributed by atoms with Crippen LogP contribution >= 0.6 is 23.4 Å². The highest BCUT2D eigenvalue weighted by Crippen LogP contribution is 2.35. The number of hydrazone groups is 1. The fourth-order valence-electron chi connectivity index (χ4n) is 2.86. The number of aryl methyl sites for hydroxylation is 1. The highest BCUT2D eigenvalue weighted by Gasteiger charge is 2.16. The zero-order chi connectivity index (χ0) is 23.1. The van der Waals surface area contributed by atoms with Crippen molar-refractivity contribution in [2.75, 3.05) is 12.5 Å². The van der Waals surface area contributed by atoms with Gasteiger partial charge < -0.3 is 4.74 Å². The topological polar surface area (TPSA) is 113 Å². The molecule has 1 aromatic heterocycles. The van der Waals surface area contributed by atoms with E-state index in [2.05, 4.69) is 21.6 Å². The molecule has 3 aromatic rings. The number of nitriles is 1. The van der Waals surface area contributed by atoms with Crippen LogP contribution in [-0.4, -0.2) is 23.2 Å². The van der Waals surface area contributed by atoms with E-state index in [1.807, 2.05) is 0 Å². The molecule has 0 saturated carbocycles. The molecule has 1 N–H and O–H groups in total. The Bertz CT molecular complexity index is 1210. The molecule has 32 heavy (non-hydrogen) atoms. The summed E-state index contributed by atoms with van der Waals surface area (Å²) >= 11 is 7.17. The number of pyridine rings is 1. The van der Waals surface area contributed by atoms with E-state index in [4.69, 9.17) is 16.3 Å². The average Bonchev–Trinajstić information content (AvgIpc) is 2.76. The molecule has 2 aromatic carbocycles. The van der Waals surface area contributed by atoms with Gasteiger partial charge in [-0.2, -0.15) is 10.4 Å². The van der Waals surface area contributed by atoms with E-state index in [9.17, 15) is 15.4 Å². The van der Waals surface area contributed by atoms with Crippen molar-refractivity contribution in [2.24, 2.45) is 5.10 Å². The highest BCUT2D eigenvalue weighted by molar-refractivity contribution is 7.99. The van der Waals surface area contributed by atoms with Gasteiger partial charge in [-0.25, -0.2) is 4.98 Å². The number of halogens is 1.